The van der Waals surface area contributed by atoms with Crippen LogP contribution in [0.2, 0.25) is 10.0 Å². The maximum Gasteiger partial charge on any atom is 0.332 e. The highest BCUT2D eigenvalue weighted by Gasteiger charge is 2.63. The number of amides is 3. The number of halogens is 2. The van der Waals surface area contributed by atoms with Crippen LogP contribution in [0.1, 0.15) is 29.9 Å². The molecule has 2 fully saturated rings. The lowest BCUT2D eigenvalue weighted by atomic mass is 9.80. The van der Waals surface area contributed by atoms with E-state index in [9.17, 15) is 9.59 Å². The summed E-state index contributed by atoms with van der Waals surface area (Å²) in [5, 5.41) is 9.75. The van der Waals surface area contributed by atoms with Crippen molar-refractivity contribution >= 4 is 40.8 Å². The van der Waals surface area contributed by atoms with Crippen LogP contribution >= 0.6 is 23.2 Å². The summed E-state index contributed by atoms with van der Waals surface area (Å²) in [6, 6.07) is 13.4. The molecule has 2 aromatic carbocycles. The van der Waals surface area contributed by atoms with Gasteiger partial charge in [0.15, 0.2) is 0 Å². The predicted molar refractivity (Wildman–Crippen MR) is 112 cm³/mol. The minimum atomic E-state index is -1.07. The summed E-state index contributed by atoms with van der Waals surface area (Å²) in [6.07, 6.45) is 0.961. The van der Waals surface area contributed by atoms with Gasteiger partial charge in [-0.2, -0.15) is 5.26 Å². The highest BCUT2D eigenvalue weighted by Crippen LogP contribution is 2.52. The predicted octanol–water partition coefficient (Wildman–Crippen LogP) is 5.14. The number of hydrogen-bond donors (Lipinski definition) is 0. The minimum Gasteiger partial charge on any atom is -0.311 e. The Balaban J connectivity index is 1.82. The van der Waals surface area contributed by atoms with Gasteiger partial charge < -0.3 is 4.90 Å². The number of rotatable bonds is 2. The molecule has 1 aliphatic heterocycles. The van der Waals surface area contributed by atoms with E-state index in [1.165, 1.54) is 4.90 Å². The van der Waals surface area contributed by atoms with Gasteiger partial charge in [0, 0.05) is 29.4 Å². The lowest BCUT2D eigenvalue weighted by Gasteiger charge is -2.34. The van der Waals surface area contributed by atoms with Crippen LogP contribution in [0, 0.1) is 11.3 Å². The molecule has 5 nitrogen and oxygen atoms in total. The van der Waals surface area contributed by atoms with Crippen molar-refractivity contribution in [3.05, 3.63) is 75.8 Å². The molecule has 1 saturated carbocycles. The highest BCUT2D eigenvalue weighted by atomic mass is 35.5. The molecule has 0 radical (unpaired) electrons. The van der Waals surface area contributed by atoms with Gasteiger partial charge in [0.2, 0.25) is 0 Å². The number of anilines is 1. The first-order valence-electron chi connectivity index (χ1n) is 9.03. The van der Waals surface area contributed by atoms with Gasteiger partial charge in [-0.15, -0.1) is 0 Å². The molecule has 0 unspecified atom stereocenters. The van der Waals surface area contributed by atoms with Crippen molar-refractivity contribution in [3.8, 4) is 6.07 Å². The smallest absolute Gasteiger partial charge is 0.311 e. The van der Waals surface area contributed by atoms with Crippen molar-refractivity contribution in [1.82, 2.24) is 4.90 Å². The number of carbonyl (C=O) groups is 2. The first-order chi connectivity index (χ1) is 13.8. The van der Waals surface area contributed by atoms with Crippen LogP contribution in [0.4, 0.5) is 10.5 Å². The first kappa shape index (κ1) is 19.5. The topological polar surface area (TPSA) is 64.4 Å². The maximum atomic E-state index is 13.7. The third kappa shape index (κ3) is 2.91. The van der Waals surface area contributed by atoms with E-state index in [2.05, 4.69) is 12.6 Å². The summed E-state index contributed by atoms with van der Waals surface area (Å²) < 4.78 is 0. The van der Waals surface area contributed by atoms with Gasteiger partial charge in [0.1, 0.15) is 5.54 Å². The number of urea groups is 1. The first-order valence-corrected chi connectivity index (χ1v) is 9.78. The van der Waals surface area contributed by atoms with E-state index in [4.69, 9.17) is 28.5 Å². The Bertz CT molecular complexity index is 1070. The molecule has 2 aromatic rings. The fourth-order valence-electron chi connectivity index (χ4n) is 4.44. The molecule has 2 aliphatic rings. The largest absolute Gasteiger partial charge is 0.332 e. The molecule has 1 spiro atoms. The van der Waals surface area contributed by atoms with E-state index in [1.807, 2.05) is 12.1 Å². The normalized spacial score (nSPS) is 23.9. The molecule has 7 heteroatoms. The SMILES string of the molecule is C=C1C[C@@H](c2ccc(C#N)cc2)[C@]2(C1)C(=O)N(c1cc(Cl)cc(Cl)c1)C(=O)N2C. The van der Waals surface area contributed by atoms with E-state index in [1.54, 1.807) is 37.4 Å². The Labute approximate surface area is 178 Å². The zero-order valence-electron chi connectivity index (χ0n) is 15.7. The minimum absolute atomic E-state index is 0.260. The number of hydrogen-bond acceptors (Lipinski definition) is 3. The third-order valence-corrected chi connectivity index (χ3v) is 6.22. The van der Waals surface area contributed by atoms with Crippen LogP contribution in [0.5, 0.6) is 0 Å². The van der Waals surface area contributed by atoms with Crippen molar-refractivity contribution in [2.75, 3.05) is 11.9 Å². The molecule has 0 bridgehead atoms. The Hall–Kier alpha value is -2.81. The van der Waals surface area contributed by atoms with E-state index < -0.39 is 11.6 Å². The van der Waals surface area contributed by atoms with Crippen molar-refractivity contribution in [2.45, 2.75) is 24.3 Å². The summed E-state index contributed by atoms with van der Waals surface area (Å²) in [7, 11) is 1.64. The van der Waals surface area contributed by atoms with Crippen molar-refractivity contribution in [1.29, 1.82) is 5.26 Å². The molecule has 29 heavy (non-hydrogen) atoms. The molecule has 1 saturated heterocycles. The van der Waals surface area contributed by atoms with Crippen LogP contribution in [-0.4, -0.2) is 29.4 Å². The van der Waals surface area contributed by atoms with Crippen LogP contribution in [0.25, 0.3) is 0 Å². The summed E-state index contributed by atoms with van der Waals surface area (Å²) in [5.41, 5.74) is 1.60. The second-order valence-electron chi connectivity index (χ2n) is 7.45. The van der Waals surface area contributed by atoms with Gasteiger partial charge in [-0.1, -0.05) is 47.5 Å². The lowest BCUT2D eigenvalue weighted by Crippen LogP contribution is -2.49. The number of benzene rings is 2. The maximum absolute atomic E-state index is 13.7. The average molecular weight is 426 g/mol. The fourth-order valence-corrected chi connectivity index (χ4v) is 4.95. The standard InChI is InChI=1S/C22H17Cl2N3O2/c1-13-7-19(15-5-3-14(12-25)4-6-15)22(11-13)20(28)27(21(29)26(22)2)18-9-16(23)8-17(24)10-18/h3-6,8-10,19H,1,7,11H2,2H3/t19-,22+/m0/s1. The summed E-state index contributed by atoms with van der Waals surface area (Å²) in [6.45, 7) is 4.10. The molecular formula is C22H17Cl2N3O2. The zero-order chi connectivity index (χ0) is 20.9. The highest BCUT2D eigenvalue weighted by molar-refractivity contribution is 6.35. The number of nitrogens with zero attached hydrogens (tertiary/aromatic N) is 3. The number of nitriles is 1. The van der Waals surface area contributed by atoms with Gasteiger partial charge in [-0.3, -0.25) is 4.79 Å². The number of likely N-dealkylation sites (N-methyl/N-ethyl adjacent to an activating group) is 1. The second kappa shape index (κ2) is 6.91. The van der Waals surface area contributed by atoms with Crippen molar-refractivity contribution in [3.63, 3.8) is 0 Å². The Morgan fingerprint density at radius 1 is 1.14 bits per heavy atom. The summed E-state index contributed by atoms with van der Waals surface area (Å²) >= 11 is 12.2. The number of imide groups is 1. The third-order valence-electron chi connectivity index (χ3n) is 5.79. The Morgan fingerprint density at radius 2 is 1.76 bits per heavy atom. The molecule has 0 aromatic heterocycles. The van der Waals surface area contributed by atoms with Gasteiger partial charge in [-0.25, -0.2) is 9.69 Å². The van der Waals surface area contributed by atoms with Crippen molar-refractivity contribution < 1.29 is 9.59 Å². The molecular weight excluding hydrogens is 409 g/mol. The van der Waals surface area contributed by atoms with Crippen molar-refractivity contribution in [2.24, 2.45) is 0 Å². The summed E-state index contributed by atoms with van der Waals surface area (Å²) in [4.78, 5) is 29.5. The average Bonchev–Trinajstić information content (AvgIpc) is 3.12. The summed E-state index contributed by atoms with van der Waals surface area (Å²) in [5.74, 6) is -0.583. The van der Waals surface area contributed by atoms with Crippen LogP contribution in [-0.2, 0) is 4.79 Å². The molecule has 1 aliphatic carbocycles. The van der Waals surface area contributed by atoms with E-state index >= 15 is 0 Å². The Morgan fingerprint density at radius 3 is 2.34 bits per heavy atom. The molecule has 146 valence electrons. The Kier molecular flexibility index (Phi) is 4.65. The number of carbonyl (C=O) groups excluding carboxylic acids is 2. The molecule has 3 amide bonds. The monoisotopic (exact) mass is 425 g/mol. The lowest BCUT2D eigenvalue weighted by molar-refractivity contribution is -0.124. The molecule has 4 rings (SSSR count). The van der Waals surface area contributed by atoms with Crippen LogP contribution in [0.3, 0.4) is 0 Å². The van der Waals surface area contributed by atoms with Crippen LogP contribution < -0.4 is 4.90 Å². The molecule has 0 N–H and O–H groups in total. The zero-order valence-corrected chi connectivity index (χ0v) is 17.2. The van der Waals surface area contributed by atoms with E-state index in [0.29, 0.717) is 34.1 Å². The van der Waals surface area contributed by atoms with Crippen LogP contribution in [0.15, 0.2) is 54.6 Å². The molecule has 2 atom stereocenters. The van der Waals surface area contributed by atoms with Gasteiger partial charge >= 0.3 is 6.03 Å². The quantitative estimate of drug-likeness (QED) is 0.494. The van der Waals surface area contributed by atoms with Gasteiger partial charge in [0.05, 0.1) is 17.3 Å². The fraction of sp³-hybridized carbons (Fsp3) is 0.227. The van der Waals surface area contributed by atoms with E-state index in [0.717, 1.165) is 16.0 Å². The van der Waals surface area contributed by atoms with Gasteiger partial charge in [0.25, 0.3) is 5.91 Å². The molecule has 1 heterocycles. The van der Waals surface area contributed by atoms with Gasteiger partial charge in [-0.05, 0) is 42.3 Å². The van der Waals surface area contributed by atoms with E-state index in [-0.39, 0.29) is 11.8 Å². The second-order valence-corrected chi connectivity index (χ2v) is 8.32.